The third-order valence-electron chi connectivity index (χ3n) is 9.06. The number of esters is 10. The molecule has 3 saturated heterocycles. The first kappa shape index (κ1) is 53.8. The molecule has 0 amide bonds. The van der Waals surface area contributed by atoms with Gasteiger partial charge in [-0.15, -0.1) is 0 Å². The highest BCUT2D eigenvalue weighted by atomic mass is 16.8. The average Bonchev–Trinajstić information content (AvgIpc) is 3.17. The summed E-state index contributed by atoms with van der Waals surface area (Å²) in [5.41, 5.74) is 0. The van der Waals surface area contributed by atoms with E-state index in [1.165, 1.54) is 7.11 Å². The second-order valence-electron chi connectivity index (χ2n) is 14.5. The summed E-state index contributed by atoms with van der Waals surface area (Å²) in [6, 6.07) is 0. The van der Waals surface area contributed by atoms with Crippen LogP contribution in [-0.4, -0.2) is 179 Å². The topological polar surface area (TPSA) is 318 Å². The van der Waals surface area contributed by atoms with Crippen LogP contribution in [0.5, 0.6) is 0 Å². The molecule has 0 bridgehead atoms. The van der Waals surface area contributed by atoms with E-state index in [9.17, 15) is 47.9 Å². The van der Waals surface area contributed by atoms with Crippen LogP contribution in [0.25, 0.3) is 0 Å². The van der Waals surface area contributed by atoms with Gasteiger partial charge in [-0.05, 0) is 0 Å². The van der Waals surface area contributed by atoms with E-state index in [-0.39, 0.29) is 0 Å². The minimum absolute atomic E-state index is 0.617. The van der Waals surface area contributed by atoms with Crippen LogP contribution in [0.4, 0.5) is 0 Å². The van der Waals surface area contributed by atoms with Crippen LogP contribution in [0.15, 0.2) is 0 Å². The molecule has 3 fully saturated rings. The Morgan fingerprint density at radius 1 is 0.308 bits per heavy atom. The van der Waals surface area contributed by atoms with E-state index in [0.29, 0.717) is 0 Å². The summed E-state index contributed by atoms with van der Waals surface area (Å²) >= 11 is 0. The number of carbonyl (C=O) groups is 10. The molecular formula is C39H54O26. The van der Waals surface area contributed by atoms with Crippen molar-refractivity contribution in [1.29, 1.82) is 0 Å². The van der Waals surface area contributed by atoms with Gasteiger partial charge < -0.3 is 75.8 Å². The van der Waals surface area contributed by atoms with E-state index in [2.05, 4.69) is 0 Å². The fraction of sp³-hybridized carbons (Fsp3) is 0.744. The van der Waals surface area contributed by atoms with Gasteiger partial charge in [-0.1, -0.05) is 0 Å². The zero-order chi connectivity index (χ0) is 48.9. The van der Waals surface area contributed by atoms with Crippen molar-refractivity contribution in [3.63, 3.8) is 0 Å². The fourth-order valence-corrected chi connectivity index (χ4v) is 6.95. The van der Waals surface area contributed by atoms with Crippen LogP contribution in [0, 0.1) is 0 Å². The van der Waals surface area contributed by atoms with Gasteiger partial charge in [-0.25, -0.2) is 0 Å². The monoisotopic (exact) mass is 938 g/mol. The van der Waals surface area contributed by atoms with Crippen LogP contribution in [0.2, 0.25) is 0 Å². The summed E-state index contributed by atoms with van der Waals surface area (Å²) in [6.07, 6.45) is -25.9. The number of hydrogen-bond acceptors (Lipinski definition) is 26. The average molecular weight is 939 g/mol. The van der Waals surface area contributed by atoms with E-state index in [1.807, 2.05) is 0 Å². The van der Waals surface area contributed by atoms with E-state index < -0.39 is 172 Å². The first-order valence-corrected chi connectivity index (χ1v) is 19.8. The summed E-state index contributed by atoms with van der Waals surface area (Å²) in [4.78, 5) is 124. The summed E-state index contributed by atoms with van der Waals surface area (Å²) < 4.78 is 90.8. The minimum atomic E-state index is -1.98. The standard InChI is InChI=1S/C39H54O26/c1-15(40)51-12-25-28(54-18(4)43)31(55-19(5)44)35(59-23(9)48)38(62-25)65-30-27(14-53-17(3)42)63-39(36(60-24(10)49)33(30)57-21(7)46)64-29-26(13-52-16(2)41)61-37(50-11)34(58-22(8)47)32(29)56-20(6)45/h25-39H,12-14H2,1-11H3/t25-,26+,27-,28-,29+,30-,31+,32-,33+,34+,35-,36-,37+,38+,39+/m0/s1. The lowest BCUT2D eigenvalue weighted by Crippen LogP contribution is -2.69. The second-order valence-corrected chi connectivity index (χ2v) is 14.5. The second kappa shape index (κ2) is 24.7. The van der Waals surface area contributed by atoms with Crippen LogP contribution < -0.4 is 0 Å². The van der Waals surface area contributed by atoms with E-state index in [0.717, 1.165) is 69.2 Å². The predicted octanol–water partition coefficient (Wildman–Crippen LogP) is -1.21. The summed E-state index contributed by atoms with van der Waals surface area (Å²) in [7, 11) is 1.17. The van der Waals surface area contributed by atoms with Gasteiger partial charge in [0, 0.05) is 76.3 Å². The van der Waals surface area contributed by atoms with Gasteiger partial charge in [-0.3, -0.25) is 47.9 Å². The zero-order valence-corrected chi connectivity index (χ0v) is 37.4. The largest absolute Gasteiger partial charge is 0.463 e. The highest BCUT2D eigenvalue weighted by Gasteiger charge is 2.60. The fourth-order valence-electron chi connectivity index (χ4n) is 6.95. The van der Waals surface area contributed by atoms with Gasteiger partial charge in [-0.2, -0.15) is 0 Å². The van der Waals surface area contributed by atoms with Gasteiger partial charge in [0.1, 0.15) is 50.3 Å². The van der Waals surface area contributed by atoms with Gasteiger partial charge >= 0.3 is 59.7 Å². The molecular weight excluding hydrogens is 884 g/mol. The predicted molar refractivity (Wildman–Crippen MR) is 202 cm³/mol. The van der Waals surface area contributed by atoms with Gasteiger partial charge in [0.2, 0.25) is 0 Å². The third kappa shape index (κ3) is 16.1. The molecule has 26 heteroatoms. The molecule has 65 heavy (non-hydrogen) atoms. The van der Waals surface area contributed by atoms with E-state index in [4.69, 9.17) is 75.8 Å². The lowest BCUT2D eigenvalue weighted by molar-refractivity contribution is -0.379. The molecule has 0 N–H and O–H groups in total. The number of rotatable bonds is 18. The molecule has 3 rings (SSSR count). The summed E-state index contributed by atoms with van der Waals surface area (Å²) in [5.74, 6) is -9.32. The maximum absolute atomic E-state index is 12.9. The molecule has 3 aliphatic rings. The van der Waals surface area contributed by atoms with Crippen molar-refractivity contribution in [1.82, 2.24) is 0 Å². The maximum Gasteiger partial charge on any atom is 0.303 e. The van der Waals surface area contributed by atoms with E-state index in [1.54, 1.807) is 0 Å². The van der Waals surface area contributed by atoms with Crippen molar-refractivity contribution in [2.75, 3.05) is 26.9 Å². The Hall–Kier alpha value is -5.54. The minimum Gasteiger partial charge on any atom is -0.463 e. The molecule has 0 spiro atoms. The third-order valence-corrected chi connectivity index (χ3v) is 9.06. The Morgan fingerprint density at radius 3 is 0.815 bits per heavy atom. The van der Waals surface area contributed by atoms with Crippen LogP contribution in [0.3, 0.4) is 0 Å². The van der Waals surface area contributed by atoms with Crippen LogP contribution in [-0.2, 0) is 124 Å². The van der Waals surface area contributed by atoms with Gasteiger partial charge in [0.25, 0.3) is 0 Å². The first-order chi connectivity index (χ1) is 30.4. The van der Waals surface area contributed by atoms with Crippen molar-refractivity contribution >= 4 is 59.7 Å². The summed E-state index contributed by atoms with van der Waals surface area (Å²) in [6.45, 7) is 8.01. The number of methoxy groups -OCH3 is 1. The SMILES string of the molecule is CO[C@@H]1O[C@H](COC(C)=O)[C@@H](O[C@H]2O[C@@H](COC(C)=O)[C@H](O[C@H]3O[C@@H](COC(C)=O)[C@H](OC(C)=O)[C@@H](OC(C)=O)[C@@H]3OC(C)=O)[C@@H](OC(C)=O)[C@@H]2OC(C)=O)[C@H](OC(C)=O)[C@H]1OC(C)=O. The smallest absolute Gasteiger partial charge is 0.303 e. The highest BCUT2D eigenvalue weighted by Crippen LogP contribution is 2.38. The number of carbonyl (C=O) groups excluding carboxylic acids is 10. The molecule has 26 nitrogen and oxygen atoms in total. The molecule has 0 radical (unpaired) electrons. The molecule has 3 aliphatic heterocycles. The molecule has 15 atom stereocenters. The van der Waals surface area contributed by atoms with E-state index >= 15 is 0 Å². The van der Waals surface area contributed by atoms with Crippen LogP contribution >= 0.6 is 0 Å². The quantitative estimate of drug-likeness (QED) is 0.115. The summed E-state index contributed by atoms with van der Waals surface area (Å²) in [5, 5.41) is 0. The number of hydrogen-bond donors (Lipinski definition) is 0. The lowest BCUT2D eigenvalue weighted by Gasteiger charge is -2.50. The first-order valence-electron chi connectivity index (χ1n) is 19.8. The molecule has 3 heterocycles. The molecule has 0 aromatic carbocycles. The highest BCUT2D eigenvalue weighted by molar-refractivity contribution is 5.70. The normalized spacial score (nSPS) is 32.0. The molecule has 366 valence electrons. The van der Waals surface area contributed by atoms with Crippen molar-refractivity contribution in [2.24, 2.45) is 0 Å². The maximum atomic E-state index is 12.9. The molecule has 0 aromatic rings. The number of ether oxygens (including phenoxy) is 16. The van der Waals surface area contributed by atoms with Gasteiger partial charge in [0.15, 0.2) is 61.6 Å². The van der Waals surface area contributed by atoms with Crippen molar-refractivity contribution < 1.29 is 124 Å². The molecule has 0 unspecified atom stereocenters. The van der Waals surface area contributed by atoms with Crippen LogP contribution in [0.1, 0.15) is 69.2 Å². The Labute approximate surface area is 371 Å². The van der Waals surface area contributed by atoms with Gasteiger partial charge in [0.05, 0.1) is 0 Å². The Balaban J connectivity index is 2.29. The lowest BCUT2D eigenvalue weighted by atomic mass is 9.95. The Kier molecular flexibility index (Phi) is 20.4. The van der Waals surface area contributed by atoms with Crippen molar-refractivity contribution in [2.45, 2.75) is 161 Å². The zero-order valence-electron chi connectivity index (χ0n) is 37.4. The van der Waals surface area contributed by atoms with Crippen molar-refractivity contribution in [3.05, 3.63) is 0 Å². The molecule has 0 saturated carbocycles. The molecule has 0 aliphatic carbocycles. The Morgan fingerprint density at radius 2 is 0.538 bits per heavy atom. The molecule has 0 aromatic heterocycles. The van der Waals surface area contributed by atoms with Crippen molar-refractivity contribution in [3.8, 4) is 0 Å². The Bertz CT molecular complexity index is 1750.